The summed E-state index contributed by atoms with van der Waals surface area (Å²) < 4.78 is 44.0. The normalized spacial score (nSPS) is 26.9. The summed E-state index contributed by atoms with van der Waals surface area (Å²) in [6.45, 7) is 2.03. The van der Waals surface area contributed by atoms with Crippen molar-refractivity contribution in [3.8, 4) is 17.0 Å². The topological polar surface area (TPSA) is 78.0 Å². The van der Waals surface area contributed by atoms with E-state index < -0.39 is 12.1 Å². The summed E-state index contributed by atoms with van der Waals surface area (Å²) in [5, 5.41) is 3.39. The summed E-state index contributed by atoms with van der Waals surface area (Å²) in [4.78, 5) is 8.60. The quantitative estimate of drug-likeness (QED) is 0.835. The van der Waals surface area contributed by atoms with Crippen molar-refractivity contribution in [3.05, 3.63) is 24.3 Å². The average molecular weight is 379 g/mol. The van der Waals surface area contributed by atoms with Crippen LogP contribution < -0.4 is 15.8 Å². The van der Waals surface area contributed by atoms with Crippen molar-refractivity contribution in [2.75, 3.05) is 18.8 Å². The van der Waals surface area contributed by atoms with E-state index in [2.05, 4.69) is 19.6 Å². The number of nitrogens with zero attached hydrogens (tertiary/aromatic N) is 3. The third-order valence-corrected chi connectivity index (χ3v) is 5.75. The van der Waals surface area contributed by atoms with E-state index in [-0.39, 0.29) is 5.82 Å². The smallest absolute Gasteiger partial charge is 0.402 e. The number of aromatic nitrogens is 3. The second-order valence-electron chi connectivity index (χ2n) is 7.73. The maximum absolute atomic E-state index is 12.6. The van der Waals surface area contributed by atoms with Crippen molar-refractivity contribution in [2.45, 2.75) is 31.7 Å². The molecule has 0 aromatic carbocycles. The molecule has 3 fully saturated rings. The Bertz CT molecular complexity index is 866. The number of halogens is 3. The Morgan fingerprint density at radius 2 is 2.00 bits per heavy atom. The molecular weight excluding hydrogens is 359 g/mol. The standard InChI is InChI=1S/C18H20F3N5O/c19-18(20,21)27-14-4-10(5-24-17(14)22)13-8-26(15(25-13)3-9-1-2-9)16-11-6-23-7-12(11)16/h4-5,8-9,11-12,16,23H,1-3,6-7H2,(H2,22,24)/t11-,12+,16-. The van der Waals surface area contributed by atoms with Gasteiger partial charge in [-0.1, -0.05) is 0 Å². The van der Waals surface area contributed by atoms with Crippen LogP contribution in [0, 0.1) is 17.8 Å². The highest BCUT2D eigenvalue weighted by atomic mass is 19.4. The molecule has 0 bridgehead atoms. The maximum atomic E-state index is 12.6. The van der Waals surface area contributed by atoms with Gasteiger partial charge in [0.25, 0.3) is 0 Å². The third-order valence-electron chi connectivity index (χ3n) is 5.75. The first kappa shape index (κ1) is 16.9. The van der Waals surface area contributed by atoms with Crippen LogP contribution in [0.25, 0.3) is 11.3 Å². The lowest BCUT2D eigenvalue weighted by molar-refractivity contribution is -0.274. The lowest BCUT2D eigenvalue weighted by atomic mass is 10.2. The zero-order chi connectivity index (χ0) is 18.8. The second-order valence-corrected chi connectivity index (χ2v) is 7.73. The van der Waals surface area contributed by atoms with Gasteiger partial charge in [-0.3, -0.25) is 0 Å². The van der Waals surface area contributed by atoms with E-state index in [1.54, 1.807) is 0 Å². The van der Waals surface area contributed by atoms with Crippen molar-refractivity contribution >= 4 is 5.82 Å². The van der Waals surface area contributed by atoms with Crippen LogP contribution in [0.3, 0.4) is 0 Å². The molecule has 3 atom stereocenters. The molecule has 2 aromatic rings. The second kappa shape index (κ2) is 5.85. The van der Waals surface area contributed by atoms with Crippen LogP contribution >= 0.6 is 0 Å². The fraction of sp³-hybridized carbons (Fsp3) is 0.556. The molecule has 0 amide bonds. The number of nitrogen functional groups attached to an aromatic ring is 1. The van der Waals surface area contributed by atoms with E-state index in [4.69, 9.17) is 10.7 Å². The predicted molar refractivity (Wildman–Crippen MR) is 91.9 cm³/mol. The number of imidazole rings is 1. The van der Waals surface area contributed by atoms with E-state index in [1.165, 1.54) is 25.1 Å². The Balaban J connectivity index is 1.48. The van der Waals surface area contributed by atoms with E-state index in [1.807, 2.05) is 6.20 Å². The molecule has 0 spiro atoms. The highest BCUT2D eigenvalue weighted by Crippen LogP contribution is 2.53. The number of hydrogen-bond acceptors (Lipinski definition) is 5. The molecule has 3 heterocycles. The first-order valence-corrected chi connectivity index (χ1v) is 9.19. The van der Waals surface area contributed by atoms with Gasteiger partial charge in [-0.2, -0.15) is 0 Å². The monoisotopic (exact) mass is 379 g/mol. The predicted octanol–water partition coefficient (Wildman–Crippen LogP) is 2.77. The number of hydrogen-bond donors (Lipinski definition) is 2. The van der Waals surface area contributed by atoms with Gasteiger partial charge >= 0.3 is 6.36 Å². The fourth-order valence-electron chi connectivity index (χ4n) is 4.16. The molecule has 5 rings (SSSR count). The van der Waals surface area contributed by atoms with Crippen molar-refractivity contribution < 1.29 is 17.9 Å². The number of rotatable bonds is 5. The average Bonchev–Trinajstić information content (AvgIpc) is 3.43. The van der Waals surface area contributed by atoms with Crippen LogP contribution in [-0.4, -0.2) is 34.0 Å². The molecule has 27 heavy (non-hydrogen) atoms. The number of pyridine rings is 1. The SMILES string of the molecule is Nc1ncc(-c2cn([C@@H]3[C@@H]4CNC[C@@H]43)c(CC3CC3)n2)cc1OC(F)(F)F. The van der Waals surface area contributed by atoms with E-state index in [9.17, 15) is 13.2 Å². The molecule has 3 aliphatic rings. The minimum absolute atomic E-state index is 0.295. The summed E-state index contributed by atoms with van der Waals surface area (Å²) in [6.07, 6.45) is 1.93. The Kier molecular flexibility index (Phi) is 3.65. The largest absolute Gasteiger partial charge is 0.573 e. The minimum Gasteiger partial charge on any atom is -0.402 e. The van der Waals surface area contributed by atoms with Crippen LogP contribution in [0.2, 0.25) is 0 Å². The van der Waals surface area contributed by atoms with Crippen molar-refractivity contribution in [1.29, 1.82) is 0 Å². The van der Waals surface area contributed by atoms with Gasteiger partial charge < -0.3 is 20.4 Å². The van der Waals surface area contributed by atoms with Gasteiger partial charge in [-0.25, -0.2) is 9.97 Å². The number of ether oxygens (including phenoxy) is 1. The molecule has 2 aromatic heterocycles. The number of fused-ring (bicyclic) bond motifs is 1. The molecule has 2 saturated carbocycles. The highest BCUT2D eigenvalue weighted by molar-refractivity contribution is 5.64. The lowest BCUT2D eigenvalue weighted by Crippen LogP contribution is -2.18. The number of piperidine rings is 1. The van der Waals surface area contributed by atoms with E-state index >= 15 is 0 Å². The highest BCUT2D eigenvalue weighted by Gasteiger charge is 2.54. The van der Waals surface area contributed by atoms with Crippen LogP contribution in [0.5, 0.6) is 5.75 Å². The first-order chi connectivity index (χ1) is 12.9. The zero-order valence-electron chi connectivity index (χ0n) is 14.5. The Labute approximate surface area is 153 Å². The summed E-state index contributed by atoms with van der Waals surface area (Å²) in [7, 11) is 0. The molecule has 0 radical (unpaired) electrons. The lowest BCUT2D eigenvalue weighted by Gasteiger charge is -2.11. The zero-order valence-corrected chi connectivity index (χ0v) is 14.5. The van der Waals surface area contributed by atoms with E-state index in [0.717, 1.165) is 25.3 Å². The van der Waals surface area contributed by atoms with Gasteiger partial charge in [0.2, 0.25) is 0 Å². The van der Waals surface area contributed by atoms with Crippen LogP contribution in [-0.2, 0) is 6.42 Å². The molecule has 3 N–H and O–H groups in total. The fourth-order valence-corrected chi connectivity index (χ4v) is 4.16. The Morgan fingerprint density at radius 3 is 2.67 bits per heavy atom. The third kappa shape index (κ3) is 3.24. The van der Waals surface area contributed by atoms with Gasteiger partial charge in [-0.05, 0) is 36.7 Å². The van der Waals surface area contributed by atoms with Gasteiger partial charge in [0, 0.05) is 43.5 Å². The summed E-state index contributed by atoms with van der Waals surface area (Å²) >= 11 is 0. The molecule has 1 aliphatic heterocycles. The van der Waals surface area contributed by atoms with Gasteiger partial charge in [0.1, 0.15) is 5.82 Å². The van der Waals surface area contributed by atoms with Gasteiger partial charge in [0.15, 0.2) is 11.6 Å². The molecule has 9 heteroatoms. The summed E-state index contributed by atoms with van der Waals surface area (Å²) in [5.41, 5.74) is 6.62. The van der Waals surface area contributed by atoms with Crippen LogP contribution in [0.4, 0.5) is 19.0 Å². The molecule has 144 valence electrons. The van der Waals surface area contributed by atoms with E-state index in [0.29, 0.717) is 35.1 Å². The van der Waals surface area contributed by atoms with Gasteiger partial charge in [0.05, 0.1) is 5.69 Å². The molecule has 0 unspecified atom stereocenters. The van der Waals surface area contributed by atoms with Gasteiger partial charge in [-0.15, -0.1) is 13.2 Å². The summed E-state index contributed by atoms with van der Waals surface area (Å²) in [6, 6.07) is 1.70. The molecular formula is C18H20F3N5O. The molecule has 6 nitrogen and oxygen atoms in total. The molecule has 2 aliphatic carbocycles. The molecule has 1 saturated heterocycles. The Morgan fingerprint density at radius 1 is 1.26 bits per heavy atom. The maximum Gasteiger partial charge on any atom is 0.573 e. The van der Waals surface area contributed by atoms with Crippen molar-refractivity contribution in [1.82, 2.24) is 19.9 Å². The number of nitrogens with one attached hydrogen (secondary N) is 1. The van der Waals surface area contributed by atoms with Crippen LogP contribution in [0.15, 0.2) is 18.5 Å². The number of nitrogens with two attached hydrogens (primary N) is 1. The Hall–Kier alpha value is -2.29. The van der Waals surface area contributed by atoms with Crippen LogP contribution in [0.1, 0.15) is 24.7 Å². The van der Waals surface area contributed by atoms with Crippen molar-refractivity contribution in [3.63, 3.8) is 0 Å². The summed E-state index contributed by atoms with van der Waals surface area (Å²) in [5.74, 6) is 2.14. The number of anilines is 1. The first-order valence-electron chi connectivity index (χ1n) is 9.19. The minimum atomic E-state index is -4.82. The number of alkyl halides is 3. The van der Waals surface area contributed by atoms with Crippen molar-refractivity contribution in [2.24, 2.45) is 17.8 Å².